The summed E-state index contributed by atoms with van der Waals surface area (Å²) in [4.78, 5) is 0.375. The van der Waals surface area contributed by atoms with Crippen molar-refractivity contribution in [2.45, 2.75) is 67.2 Å². The minimum Gasteiger partial charge on any atom is -0.491 e. The molecule has 0 aromatic heterocycles. The maximum atomic E-state index is 13.7. The van der Waals surface area contributed by atoms with Gasteiger partial charge in [0.05, 0.1) is 22.0 Å². The fourth-order valence-corrected chi connectivity index (χ4v) is 8.42. The summed E-state index contributed by atoms with van der Waals surface area (Å²) in [5, 5.41) is 17.3. The van der Waals surface area contributed by atoms with Crippen molar-refractivity contribution in [1.82, 2.24) is 19.7 Å². The second-order valence-electron chi connectivity index (χ2n) is 13.1. The first-order valence-corrected chi connectivity index (χ1v) is 19.4. The average molecular weight is 701 g/mol. The lowest BCUT2D eigenvalue weighted by Gasteiger charge is -2.38. The van der Waals surface area contributed by atoms with Gasteiger partial charge in [-0.1, -0.05) is 56.3 Å². The van der Waals surface area contributed by atoms with Crippen LogP contribution in [-0.4, -0.2) is 90.4 Å². The normalized spacial score (nSPS) is 19.1. The molecule has 0 saturated carbocycles. The fourth-order valence-electron chi connectivity index (χ4n) is 6.17. The maximum Gasteiger partial charge on any atom is 0.243 e. The third kappa shape index (κ3) is 9.21. The standard InChI is InChI=1S/C35H48N4O7S2/c1-26(2)21-37-22-27-10-12-28(13-11-27)29-6-4-9-34(18-29)48(43,44)39-16-14-35(15-17-39)20-30(24-46-35)38-23-31(40)25-45-32-7-5-8-33(19-32)47(41,42)36-3/h4-13,18-19,26,30-31,36-38,40H,14-17,20-25H2,1-3H3/t30?,31-/m0/s1. The van der Waals surface area contributed by atoms with Crippen LogP contribution in [-0.2, 0) is 31.3 Å². The van der Waals surface area contributed by atoms with Gasteiger partial charge >= 0.3 is 0 Å². The van der Waals surface area contributed by atoms with Gasteiger partial charge in [-0.25, -0.2) is 21.6 Å². The van der Waals surface area contributed by atoms with Crippen molar-refractivity contribution in [3.8, 4) is 16.9 Å². The summed E-state index contributed by atoms with van der Waals surface area (Å²) >= 11 is 0. The lowest BCUT2D eigenvalue weighted by atomic mass is 9.88. The molecule has 0 amide bonds. The summed E-state index contributed by atoms with van der Waals surface area (Å²) in [6.07, 6.45) is 1.08. The van der Waals surface area contributed by atoms with E-state index >= 15 is 0 Å². The van der Waals surface area contributed by atoms with Crippen LogP contribution in [0.2, 0.25) is 0 Å². The van der Waals surface area contributed by atoms with E-state index in [1.165, 1.54) is 24.7 Å². The van der Waals surface area contributed by atoms with Crippen molar-refractivity contribution in [1.29, 1.82) is 0 Å². The van der Waals surface area contributed by atoms with Crippen molar-refractivity contribution in [2.24, 2.45) is 5.92 Å². The van der Waals surface area contributed by atoms with E-state index in [-0.39, 0.29) is 29.0 Å². The highest BCUT2D eigenvalue weighted by Crippen LogP contribution is 2.37. The number of aliphatic hydroxyl groups excluding tert-OH is 1. The summed E-state index contributed by atoms with van der Waals surface area (Å²) in [6, 6.07) is 21.5. The highest BCUT2D eigenvalue weighted by Gasteiger charge is 2.44. The van der Waals surface area contributed by atoms with E-state index < -0.39 is 31.8 Å². The molecule has 2 aliphatic heterocycles. The first-order chi connectivity index (χ1) is 22.9. The van der Waals surface area contributed by atoms with Gasteiger partial charge in [-0.15, -0.1) is 0 Å². The van der Waals surface area contributed by atoms with Gasteiger partial charge < -0.3 is 25.2 Å². The Morgan fingerprint density at radius 2 is 1.65 bits per heavy atom. The molecular weight excluding hydrogens is 653 g/mol. The molecule has 5 rings (SSSR count). The number of rotatable bonds is 15. The number of nitrogens with zero attached hydrogens (tertiary/aromatic N) is 1. The Kier molecular flexibility index (Phi) is 12.0. The molecule has 0 bridgehead atoms. The average Bonchev–Trinajstić information content (AvgIpc) is 3.48. The van der Waals surface area contributed by atoms with Crippen LogP contribution < -0.4 is 20.1 Å². The molecule has 2 saturated heterocycles. The Hall–Kier alpha value is -2.88. The van der Waals surface area contributed by atoms with E-state index in [2.05, 4.69) is 41.3 Å². The number of benzene rings is 3. The van der Waals surface area contributed by atoms with Crippen LogP contribution in [0.3, 0.4) is 0 Å². The number of piperidine rings is 1. The van der Waals surface area contributed by atoms with Gasteiger partial charge in [0.2, 0.25) is 20.0 Å². The Morgan fingerprint density at radius 1 is 0.938 bits per heavy atom. The summed E-state index contributed by atoms with van der Waals surface area (Å²) in [5.74, 6) is 0.935. The van der Waals surface area contributed by atoms with E-state index in [0.29, 0.717) is 44.2 Å². The van der Waals surface area contributed by atoms with Gasteiger partial charge in [-0.3, -0.25) is 0 Å². The third-order valence-corrected chi connectivity index (χ3v) is 12.3. The quantitative estimate of drug-likeness (QED) is 0.188. The number of nitrogens with one attached hydrogen (secondary N) is 3. The molecule has 0 radical (unpaired) electrons. The molecule has 1 unspecified atom stereocenters. The van der Waals surface area contributed by atoms with Crippen molar-refractivity contribution in [2.75, 3.05) is 46.4 Å². The van der Waals surface area contributed by atoms with E-state index in [1.807, 2.05) is 18.2 Å². The number of aliphatic hydroxyl groups is 1. The van der Waals surface area contributed by atoms with Crippen molar-refractivity contribution in [3.05, 3.63) is 78.4 Å². The second-order valence-corrected chi connectivity index (χ2v) is 16.9. The molecule has 4 N–H and O–H groups in total. The SMILES string of the molecule is CNS(=O)(=O)c1cccc(OC[C@@H](O)CNC2COC3(CCN(S(=O)(=O)c4cccc(-c5ccc(CNCC(C)C)cc5)c4)CC3)C2)c1. The van der Waals surface area contributed by atoms with E-state index in [4.69, 9.17) is 9.47 Å². The summed E-state index contributed by atoms with van der Waals surface area (Å²) < 4.78 is 67.1. The zero-order valence-corrected chi connectivity index (χ0v) is 29.5. The first kappa shape index (κ1) is 36.4. The van der Waals surface area contributed by atoms with Crippen LogP contribution in [0.15, 0.2) is 82.6 Å². The Labute approximate surface area is 285 Å². The summed E-state index contributed by atoms with van der Waals surface area (Å²) in [6.45, 7) is 7.58. The van der Waals surface area contributed by atoms with Crippen LogP contribution in [0.25, 0.3) is 11.1 Å². The van der Waals surface area contributed by atoms with E-state index in [9.17, 15) is 21.9 Å². The molecule has 2 aliphatic rings. The first-order valence-electron chi connectivity index (χ1n) is 16.5. The molecule has 1 spiro atoms. The molecule has 3 aromatic rings. The van der Waals surface area contributed by atoms with Gasteiger partial charge in [0, 0.05) is 38.3 Å². The minimum atomic E-state index is -3.68. The second kappa shape index (κ2) is 15.8. The van der Waals surface area contributed by atoms with Crippen molar-refractivity contribution >= 4 is 20.0 Å². The molecule has 13 heteroatoms. The van der Waals surface area contributed by atoms with Crippen LogP contribution in [0.1, 0.15) is 38.7 Å². The third-order valence-electron chi connectivity index (χ3n) is 8.95. The Balaban J connectivity index is 1.09. The molecular formula is C35H48N4O7S2. The number of ether oxygens (including phenoxy) is 2. The van der Waals surface area contributed by atoms with Crippen molar-refractivity contribution in [3.63, 3.8) is 0 Å². The van der Waals surface area contributed by atoms with Gasteiger partial charge in [-0.2, -0.15) is 4.31 Å². The minimum absolute atomic E-state index is 0.00990. The molecule has 11 nitrogen and oxygen atoms in total. The monoisotopic (exact) mass is 700 g/mol. The zero-order chi connectivity index (χ0) is 34.4. The number of hydrogen-bond acceptors (Lipinski definition) is 9. The lowest BCUT2D eigenvalue weighted by Crippen LogP contribution is -2.47. The van der Waals surface area contributed by atoms with Gasteiger partial charge in [0.25, 0.3) is 0 Å². The van der Waals surface area contributed by atoms with Crippen molar-refractivity contribution < 1.29 is 31.4 Å². The number of sulfonamides is 2. The van der Waals surface area contributed by atoms with E-state index in [0.717, 1.165) is 30.6 Å². The largest absolute Gasteiger partial charge is 0.491 e. The van der Waals surface area contributed by atoms with Gasteiger partial charge in [0.15, 0.2) is 0 Å². The molecule has 2 atom stereocenters. The van der Waals surface area contributed by atoms with Gasteiger partial charge in [0.1, 0.15) is 18.5 Å². The topological polar surface area (TPSA) is 146 Å². The molecule has 262 valence electrons. The van der Waals surface area contributed by atoms with Crippen LogP contribution >= 0.6 is 0 Å². The number of hydrogen-bond donors (Lipinski definition) is 4. The summed E-state index contributed by atoms with van der Waals surface area (Å²) in [7, 11) is -5.93. The Bertz CT molecular complexity index is 1730. The smallest absolute Gasteiger partial charge is 0.243 e. The highest BCUT2D eigenvalue weighted by molar-refractivity contribution is 7.89. The molecule has 2 fully saturated rings. The predicted molar refractivity (Wildman–Crippen MR) is 186 cm³/mol. The molecule has 3 aromatic carbocycles. The molecule has 2 heterocycles. The maximum absolute atomic E-state index is 13.7. The summed E-state index contributed by atoms with van der Waals surface area (Å²) in [5.41, 5.74) is 2.62. The lowest BCUT2D eigenvalue weighted by molar-refractivity contribution is -0.0312. The van der Waals surface area contributed by atoms with Crippen LogP contribution in [0, 0.1) is 5.92 Å². The molecule has 48 heavy (non-hydrogen) atoms. The van der Waals surface area contributed by atoms with E-state index in [1.54, 1.807) is 34.6 Å². The van der Waals surface area contributed by atoms with Crippen LogP contribution in [0.4, 0.5) is 0 Å². The Morgan fingerprint density at radius 3 is 2.35 bits per heavy atom. The predicted octanol–water partition coefficient (Wildman–Crippen LogP) is 3.35. The fraction of sp³-hybridized carbons (Fsp3) is 0.486. The highest BCUT2D eigenvalue weighted by atomic mass is 32.2. The zero-order valence-electron chi connectivity index (χ0n) is 27.9. The van der Waals surface area contributed by atoms with Gasteiger partial charge in [-0.05, 0) is 79.7 Å². The molecule has 0 aliphatic carbocycles. The van der Waals surface area contributed by atoms with Crippen LogP contribution in [0.5, 0.6) is 5.75 Å².